The highest BCUT2D eigenvalue weighted by Gasteiger charge is 2.26. The van der Waals surface area contributed by atoms with Gasteiger partial charge in [-0.2, -0.15) is 0 Å². The van der Waals surface area contributed by atoms with Crippen LogP contribution in [0, 0.1) is 0 Å². The minimum absolute atomic E-state index is 0.870. The van der Waals surface area contributed by atoms with E-state index in [0.29, 0.717) is 0 Å². The molecule has 0 radical (unpaired) electrons. The van der Waals surface area contributed by atoms with Crippen molar-refractivity contribution in [2.75, 3.05) is 19.6 Å². The lowest BCUT2D eigenvalue weighted by Gasteiger charge is -2.30. The Labute approximate surface area is 782 Å². The first kappa shape index (κ1) is 77.6. The first-order valence-electron chi connectivity index (χ1n) is 46.2. The number of fused-ring (bicyclic) bond motifs is 18. The van der Waals surface area contributed by atoms with Crippen LogP contribution in [0.3, 0.4) is 0 Å². The minimum atomic E-state index is 0.870. The summed E-state index contributed by atoms with van der Waals surface area (Å²) in [5.74, 6) is 0. The first-order valence-corrected chi connectivity index (χ1v) is 46.2. The number of para-hydroxylation sites is 12. The van der Waals surface area contributed by atoms with Gasteiger partial charge in [0.25, 0.3) is 0 Å². The summed E-state index contributed by atoms with van der Waals surface area (Å²) in [5, 5.41) is 13.8. The second-order valence-corrected chi connectivity index (χ2v) is 35.0. The average molecular weight is 1740 g/mol. The molecule has 0 N–H and O–H groups in total. The number of furan rings is 3. The Morgan fingerprint density at radius 3 is 0.640 bits per heavy atom. The molecule has 27 rings (SSSR count). The third-order valence-electron chi connectivity index (χ3n) is 27.4. The van der Waals surface area contributed by atoms with Crippen molar-refractivity contribution in [1.82, 2.24) is 13.7 Å². The largest absolute Gasteiger partial charge is 0.455 e. The predicted molar refractivity (Wildman–Crippen MR) is 566 cm³/mol. The van der Waals surface area contributed by atoms with Crippen molar-refractivity contribution in [3.63, 3.8) is 0 Å². The highest BCUT2D eigenvalue weighted by atomic mass is 16.3. The maximum absolute atomic E-state index is 6.67. The summed E-state index contributed by atoms with van der Waals surface area (Å²) in [4.78, 5) is 9.51. The predicted octanol–water partition coefficient (Wildman–Crippen LogP) is 35.6. The van der Waals surface area contributed by atoms with Gasteiger partial charge < -0.3 is 46.6 Å². The Balaban J connectivity index is 0.611. The Hall–Kier alpha value is -18.4. The van der Waals surface area contributed by atoms with Crippen LogP contribution in [0.4, 0.5) is 68.2 Å². The summed E-state index contributed by atoms with van der Waals surface area (Å²) in [7, 11) is 0. The number of benzene rings is 21. The van der Waals surface area contributed by atoms with E-state index in [4.69, 9.17) is 13.3 Å². The van der Waals surface area contributed by atoms with E-state index in [0.717, 1.165) is 223 Å². The number of aromatic nitrogens is 3. The molecule has 0 atom stereocenters. The van der Waals surface area contributed by atoms with Crippen LogP contribution in [-0.2, 0) is 0 Å². The van der Waals surface area contributed by atoms with E-state index in [-0.39, 0.29) is 0 Å². The lowest BCUT2D eigenvalue weighted by molar-refractivity contribution is 0.669. The number of rotatable bonds is 18. The van der Waals surface area contributed by atoms with Crippen molar-refractivity contribution in [3.05, 3.63) is 491 Å². The molecular formula is C126H81N7O3. The number of anilines is 12. The summed E-state index contributed by atoms with van der Waals surface area (Å²) in [6.07, 6.45) is 0. The van der Waals surface area contributed by atoms with E-state index in [1.807, 2.05) is 18.2 Å². The van der Waals surface area contributed by atoms with Crippen molar-refractivity contribution in [1.29, 1.82) is 0 Å². The number of hydrogen-bond acceptors (Lipinski definition) is 7. The van der Waals surface area contributed by atoms with Crippen LogP contribution in [0.2, 0.25) is 0 Å². The second kappa shape index (κ2) is 31.7. The van der Waals surface area contributed by atoms with Crippen molar-refractivity contribution in [2.45, 2.75) is 0 Å². The summed E-state index contributed by atoms with van der Waals surface area (Å²) in [6.45, 7) is 0. The zero-order chi connectivity index (χ0) is 89.4. The fraction of sp³-hybridized carbons (Fsp3) is 0. The molecule has 0 aliphatic carbocycles. The third kappa shape index (κ3) is 12.8. The van der Waals surface area contributed by atoms with Crippen molar-refractivity contribution in [3.8, 4) is 50.4 Å². The monoisotopic (exact) mass is 1740 g/mol. The molecule has 638 valence electrons. The molecule has 0 saturated heterocycles. The first-order chi connectivity index (χ1) is 67.4. The SMILES string of the molecule is c1ccc(-n2c3ccccc3c3cc(N(c4ccc(-c5cccc6c5oc5ccccc56)cc4)c4ccc(N(c5ccc(N(c6ccc(-c7cccc8c7oc7ccccc78)cc6)c6ccc(-n7c8ccccc8c8ccccc87)cc6)cc5)c5ccc(N(c6ccc(-c7cccc8c7oc7ccccc78)cc6)c6ccc(-n7c8ccccc8c8ccccc87)cc6)cc5)cc4)ccc32)cc1. The Kier molecular flexibility index (Phi) is 18.1. The molecular weight excluding hydrogens is 1660 g/mol. The summed E-state index contributed by atoms with van der Waals surface area (Å²) >= 11 is 0. The number of hydrogen-bond donors (Lipinski definition) is 0. The van der Waals surface area contributed by atoms with Gasteiger partial charge in [-0.15, -0.1) is 0 Å². The third-order valence-corrected chi connectivity index (χ3v) is 27.4. The lowest BCUT2D eigenvalue weighted by Crippen LogP contribution is -2.14. The molecule has 0 fully saturated rings. The van der Waals surface area contributed by atoms with E-state index in [1.165, 1.54) is 26.9 Å². The summed E-state index contributed by atoms with van der Waals surface area (Å²) in [5.41, 5.74) is 33.5. The Morgan fingerprint density at radius 2 is 0.346 bits per heavy atom. The quantitative estimate of drug-likeness (QED) is 0.0848. The van der Waals surface area contributed by atoms with Gasteiger partial charge in [-0.05, 0) is 253 Å². The van der Waals surface area contributed by atoms with Gasteiger partial charge in [0.05, 0.1) is 33.1 Å². The van der Waals surface area contributed by atoms with E-state index in [2.05, 4.69) is 506 Å². The molecule has 0 amide bonds. The van der Waals surface area contributed by atoms with E-state index >= 15 is 0 Å². The lowest BCUT2D eigenvalue weighted by atomic mass is 10.0. The molecule has 0 aliphatic heterocycles. The maximum atomic E-state index is 6.67. The van der Waals surface area contributed by atoms with Crippen LogP contribution < -0.4 is 19.6 Å². The van der Waals surface area contributed by atoms with Gasteiger partial charge in [0, 0.05) is 167 Å². The second-order valence-electron chi connectivity index (χ2n) is 35.0. The minimum Gasteiger partial charge on any atom is -0.455 e. The van der Waals surface area contributed by atoms with Gasteiger partial charge in [0.15, 0.2) is 0 Å². The van der Waals surface area contributed by atoms with Gasteiger partial charge in [-0.25, -0.2) is 0 Å². The molecule has 136 heavy (non-hydrogen) atoms. The van der Waals surface area contributed by atoms with Gasteiger partial charge in [-0.3, -0.25) is 0 Å². The van der Waals surface area contributed by atoms with E-state index in [1.54, 1.807) is 0 Å². The van der Waals surface area contributed by atoms with Crippen LogP contribution in [-0.4, -0.2) is 13.7 Å². The smallest absolute Gasteiger partial charge is 0.143 e. The van der Waals surface area contributed by atoms with Crippen molar-refractivity contribution >= 4 is 199 Å². The van der Waals surface area contributed by atoms with Gasteiger partial charge in [-0.1, -0.05) is 255 Å². The van der Waals surface area contributed by atoms with Gasteiger partial charge in [0.2, 0.25) is 0 Å². The van der Waals surface area contributed by atoms with Crippen LogP contribution in [0.15, 0.2) is 505 Å². The Morgan fingerprint density at radius 1 is 0.140 bits per heavy atom. The fourth-order valence-electron chi connectivity index (χ4n) is 21.2. The maximum Gasteiger partial charge on any atom is 0.143 e. The molecule has 0 bridgehead atoms. The molecule has 6 heterocycles. The molecule has 27 aromatic rings. The molecule has 6 aromatic heterocycles. The van der Waals surface area contributed by atoms with Gasteiger partial charge >= 0.3 is 0 Å². The molecule has 0 saturated carbocycles. The zero-order valence-electron chi connectivity index (χ0n) is 73.6. The highest BCUT2D eigenvalue weighted by Crippen LogP contribution is 2.50. The van der Waals surface area contributed by atoms with E-state index < -0.39 is 0 Å². The molecule has 10 nitrogen and oxygen atoms in total. The van der Waals surface area contributed by atoms with E-state index in [9.17, 15) is 0 Å². The van der Waals surface area contributed by atoms with Crippen LogP contribution in [0.5, 0.6) is 0 Å². The van der Waals surface area contributed by atoms with Crippen LogP contribution in [0.25, 0.3) is 182 Å². The zero-order valence-corrected chi connectivity index (χ0v) is 73.6. The van der Waals surface area contributed by atoms with Crippen molar-refractivity contribution < 1.29 is 13.3 Å². The van der Waals surface area contributed by atoms with Gasteiger partial charge in [0.1, 0.15) is 33.5 Å². The molecule has 0 unspecified atom stereocenters. The molecule has 0 spiro atoms. The topological polar surface area (TPSA) is 67.2 Å². The van der Waals surface area contributed by atoms with Crippen molar-refractivity contribution in [2.24, 2.45) is 0 Å². The molecule has 0 aliphatic rings. The molecule has 10 heteroatoms. The standard InChI is InChI=1S/C126H81N7O3/c1-2-23-85(24-3-1)131-119-43-16-8-29-107(119)114-81-99(79-80-120(114)131)130(88-57-51-84(52-58-88)102-35-22-38-113-110-32-11-19-46-123(110)136-126(102)113)96-69-67-93(68-70-96)129(91-63-59-89(60-64-91)127(86-53-47-82(48-54-86)100-33-20-36-111-108-30-9-17-44-121(108)134-124(100)111)94-71-75-97(76-72-94)132-115-39-12-4-25-103(115)104-26-5-13-40-116(104)132)92-65-61-90(62-66-92)128(87-55-49-83(50-56-87)101-34-21-37-112-109-31-10-18-45-122(109)135-125(101)112)95-73-77-98(78-74-95)133-117-41-14-6-27-105(117)106-28-7-15-42-118(106)133/h1-81H. The average Bonchev–Trinajstić information content (AvgIpc) is 1.59. The van der Waals surface area contributed by atoms with Crippen LogP contribution >= 0.6 is 0 Å². The Bertz CT molecular complexity index is 8870. The summed E-state index contributed by atoms with van der Waals surface area (Å²) < 4.78 is 27.1. The summed E-state index contributed by atoms with van der Waals surface area (Å²) in [6, 6.07) is 178. The normalized spacial score (nSPS) is 11.8. The highest BCUT2D eigenvalue weighted by molar-refractivity contribution is 6.16. The van der Waals surface area contributed by atoms with Crippen LogP contribution in [0.1, 0.15) is 0 Å². The fourth-order valence-corrected chi connectivity index (χ4v) is 21.2. The number of nitrogens with zero attached hydrogens (tertiary/aromatic N) is 7. The molecule has 21 aromatic carbocycles.